The van der Waals surface area contributed by atoms with E-state index in [-0.39, 0.29) is 10.9 Å². The van der Waals surface area contributed by atoms with Gasteiger partial charge >= 0.3 is 0 Å². The minimum Gasteiger partial charge on any atom is -0.325 e. The maximum atomic E-state index is 13.5. The Balaban J connectivity index is 1.79. The van der Waals surface area contributed by atoms with Gasteiger partial charge in [-0.15, -0.1) is 0 Å². The van der Waals surface area contributed by atoms with Gasteiger partial charge in [-0.3, -0.25) is 4.79 Å². The van der Waals surface area contributed by atoms with Gasteiger partial charge in [0.05, 0.1) is 10.4 Å². The van der Waals surface area contributed by atoms with E-state index in [4.69, 9.17) is 11.6 Å². The molecule has 0 aromatic heterocycles. The number of aryl methyl sites for hydroxylation is 1. The Morgan fingerprint density at radius 3 is 2.48 bits per heavy atom. The zero-order valence-corrected chi connectivity index (χ0v) is 15.9. The number of carbonyl (C=O) groups is 1. The van der Waals surface area contributed by atoms with Crippen LogP contribution in [-0.4, -0.2) is 5.91 Å². The number of amides is 1. The van der Waals surface area contributed by atoms with Crippen LogP contribution in [0.15, 0.2) is 60.7 Å². The van der Waals surface area contributed by atoms with E-state index in [0.29, 0.717) is 6.42 Å². The molecule has 1 amide bonds. The van der Waals surface area contributed by atoms with Gasteiger partial charge in [0, 0.05) is 5.69 Å². The second-order valence-electron chi connectivity index (χ2n) is 7.28. The molecule has 2 nitrogen and oxygen atoms in total. The van der Waals surface area contributed by atoms with Crippen LogP contribution >= 0.6 is 11.6 Å². The molecule has 1 N–H and O–H groups in total. The molecule has 3 aromatic carbocycles. The standard InChI is InChI=1S/C23H19ClFNO/c1-14-5-3-4-6-17(14)13-23(2)18-11-15(8-10-21(18)26-22(23)27)16-7-9-20(25)19(24)12-16/h3-12H,13H2,1-2H3,(H,26,27). The number of benzene rings is 3. The summed E-state index contributed by atoms with van der Waals surface area (Å²) < 4.78 is 13.5. The number of halogens is 2. The third-order valence-corrected chi connectivity index (χ3v) is 5.71. The summed E-state index contributed by atoms with van der Waals surface area (Å²) in [5, 5.41) is 3.09. The Labute approximate surface area is 163 Å². The summed E-state index contributed by atoms with van der Waals surface area (Å²) in [6.45, 7) is 4.03. The molecule has 1 atom stereocenters. The Morgan fingerprint density at radius 2 is 1.74 bits per heavy atom. The molecule has 0 saturated carbocycles. The van der Waals surface area contributed by atoms with Gasteiger partial charge in [0.1, 0.15) is 5.82 Å². The molecule has 1 heterocycles. The first-order valence-electron chi connectivity index (χ1n) is 8.84. The minimum absolute atomic E-state index is 0.00459. The summed E-state index contributed by atoms with van der Waals surface area (Å²) in [4.78, 5) is 12.8. The summed E-state index contributed by atoms with van der Waals surface area (Å²) in [5.74, 6) is -0.446. The maximum Gasteiger partial charge on any atom is 0.235 e. The highest BCUT2D eigenvalue weighted by molar-refractivity contribution is 6.31. The number of hydrogen-bond acceptors (Lipinski definition) is 1. The average Bonchev–Trinajstić information content (AvgIpc) is 2.89. The van der Waals surface area contributed by atoms with Crippen LogP contribution in [0.2, 0.25) is 5.02 Å². The van der Waals surface area contributed by atoms with E-state index in [9.17, 15) is 9.18 Å². The van der Waals surface area contributed by atoms with Crippen molar-refractivity contribution < 1.29 is 9.18 Å². The number of fused-ring (bicyclic) bond motifs is 1. The van der Waals surface area contributed by atoms with Crippen LogP contribution in [0, 0.1) is 12.7 Å². The van der Waals surface area contributed by atoms with Crippen molar-refractivity contribution in [1.29, 1.82) is 0 Å². The number of rotatable bonds is 3. The van der Waals surface area contributed by atoms with E-state index in [1.165, 1.54) is 11.6 Å². The van der Waals surface area contributed by atoms with E-state index in [2.05, 4.69) is 24.4 Å². The van der Waals surface area contributed by atoms with Crippen LogP contribution in [-0.2, 0) is 16.6 Å². The number of nitrogens with one attached hydrogen (secondary N) is 1. The van der Waals surface area contributed by atoms with Gasteiger partial charge in [-0.25, -0.2) is 4.39 Å². The third-order valence-electron chi connectivity index (χ3n) is 5.42. The van der Waals surface area contributed by atoms with Gasteiger partial charge in [-0.05, 0) is 72.4 Å². The molecule has 0 fully saturated rings. The first-order valence-corrected chi connectivity index (χ1v) is 9.22. The summed E-state index contributed by atoms with van der Waals surface area (Å²) in [5.41, 5.74) is 5.16. The fraction of sp³-hybridized carbons (Fsp3) is 0.174. The van der Waals surface area contributed by atoms with Crippen molar-refractivity contribution in [2.75, 3.05) is 5.32 Å². The molecule has 136 valence electrons. The Bertz CT molecular complexity index is 1060. The molecule has 27 heavy (non-hydrogen) atoms. The predicted octanol–water partition coefficient (Wildman–Crippen LogP) is 5.91. The number of carbonyl (C=O) groups excluding carboxylic acids is 1. The lowest BCUT2D eigenvalue weighted by molar-refractivity contribution is -0.120. The molecule has 1 unspecified atom stereocenters. The largest absolute Gasteiger partial charge is 0.325 e. The normalized spacial score (nSPS) is 18.3. The van der Waals surface area contributed by atoms with Crippen LogP contribution in [0.5, 0.6) is 0 Å². The Hall–Kier alpha value is -2.65. The zero-order chi connectivity index (χ0) is 19.2. The van der Waals surface area contributed by atoms with E-state index in [1.54, 1.807) is 12.1 Å². The highest BCUT2D eigenvalue weighted by Crippen LogP contribution is 2.42. The second kappa shape index (κ2) is 6.50. The fourth-order valence-electron chi connectivity index (χ4n) is 3.71. The minimum atomic E-state index is -0.665. The van der Waals surface area contributed by atoms with Crippen molar-refractivity contribution in [3.63, 3.8) is 0 Å². The van der Waals surface area contributed by atoms with Crippen molar-refractivity contribution in [3.05, 3.63) is 88.2 Å². The lowest BCUT2D eigenvalue weighted by atomic mass is 9.77. The number of hydrogen-bond donors (Lipinski definition) is 1. The molecule has 0 bridgehead atoms. The van der Waals surface area contributed by atoms with Gasteiger partial charge in [0.15, 0.2) is 0 Å². The molecule has 0 radical (unpaired) electrons. The lowest BCUT2D eigenvalue weighted by Crippen LogP contribution is -2.33. The van der Waals surface area contributed by atoms with Crippen LogP contribution in [0.4, 0.5) is 10.1 Å². The first-order chi connectivity index (χ1) is 12.9. The van der Waals surface area contributed by atoms with Crippen molar-refractivity contribution in [1.82, 2.24) is 0 Å². The highest BCUT2D eigenvalue weighted by Gasteiger charge is 2.43. The molecular formula is C23H19ClFNO. The summed E-state index contributed by atoms with van der Waals surface area (Å²) in [6.07, 6.45) is 0.617. The van der Waals surface area contributed by atoms with Gasteiger partial charge in [0.2, 0.25) is 5.91 Å². The summed E-state index contributed by atoms with van der Waals surface area (Å²) in [6, 6.07) is 18.6. The zero-order valence-electron chi connectivity index (χ0n) is 15.1. The SMILES string of the molecule is Cc1ccccc1CC1(C)C(=O)Nc2ccc(-c3ccc(F)c(Cl)c3)cc21. The van der Waals surface area contributed by atoms with Crippen LogP contribution < -0.4 is 5.32 Å². The van der Waals surface area contributed by atoms with Gasteiger partial charge in [-0.2, -0.15) is 0 Å². The molecule has 0 saturated heterocycles. The van der Waals surface area contributed by atoms with Gasteiger partial charge in [-0.1, -0.05) is 48.0 Å². The molecule has 4 heteroatoms. The van der Waals surface area contributed by atoms with Gasteiger partial charge in [0.25, 0.3) is 0 Å². The van der Waals surface area contributed by atoms with Crippen molar-refractivity contribution in [3.8, 4) is 11.1 Å². The fourth-order valence-corrected chi connectivity index (χ4v) is 3.89. The quantitative estimate of drug-likeness (QED) is 0.602. The van der Waals surface area contributed by atoms with Crippen LogP contribution in [0.3, 0.4) is 0 Å². The maximum absolute atomic E-state index is 13.5. The van der Waals surface area contributed by atoms with Crippen LogP contribution in [0.25, 0.3) is 11.1 Å². The second-order valence-corrected chi connectivity index (χ2v) is 7.69. The molecule has 4 rings (SSSR count). The van der Waals surface area contributed by atoms with E-state index >= 15 is 0 Å². The topological polar surface area (TPSA) is 29.1 Å². The molecule has 1 aliphatic heterocycles. The first kappa shape index (κ1) is 17.7. The molecule has 1 aliphatic rings. The highest BCUT2D eigenvalue weighted by atomic mass is 35.5. The Kier molecular flexibility index (Phi) is 4.27. The van der Waals surface area contributed by atoms with E-state index < -0.39 is 11.2 Å². The van der Waals surface area contributed by atoms with E-state index in [0.717, 1.165) is 27.9 Å². The molecule has 3 aromatic rings. The smallest absolute Gasteiger partial charge is 0.235 e. The monoisotopic (exact) mass is 379 g/mol. The van der Waals surface area contributed by atoms with Gasteiger partial charge < -0.3 is 5.32 Å². The number of anilines is 1. The van der Waals surface area contributed by atoms with E-state index in [1.807, 2.05) is 37.3 Å². The van der Waals surface area contributed by atoms with Crippen molar-refractivity contribution >= 4 is 23.2 Å². The van der Waals surface area contributed by atoms with Crippen LogP contribution in [0.1, 0.15) is 23.6 Å². The lowest BCUT2D eigenvalue weighted by Gasteiger charge is -2.24. The Morgan fingerprint density at radius 1 is 1.04 bits per heavy atom. The van der Waals surface area contributed by atoms with Crippen molar-refractivity contribution in [2.45, 2.75) is 25.7 Å². The third kappa shape index (κ3) is 3.02. The molecule has 0 spiro atoms. The molecule has 0 aliphatic carbocycles. The summed E-state index contributed by atoms with van der Waals surface area (Å²) in [7, 11) is 0. The predicted molar refractivity (Wildman–Crippen MR) is 108 cm³/mol. The molecular weight excluding hydrogens is 361 g/mol. The average molecular weight is 380 g/mol. The summed E-state index contributed by atoms with van der Waals surface area (Å²) >= 11 is 5.94. The van der Waals surface area contributed by atoms with Crippen molar-refractivity contribution in [2.24, 2.45) is 0 Å².